The van der Waals surface area contributed by atoms with E-state index in [1.54, 1.807) is 0 Å². The Balaban J connectivity index is 1.51. The zero-order valence-corrected chi connectivity index (χ0v) is 15.3. The summed E-state index contributed by atoms with van der Waals surface area (Å²) in [5.41, 5.74) is 1.34. The molecule has 0 spiro atoms. The van der Waals surface area contributed by atoms with Gasteiger partial charge in [0.2, 0.25) is 0 Å². The highest BCUT2D eigenvalue weighted by atomic mass is 16.6. The maximum atomic E-state index is 5.88. The molecule has 1 atom stereocenters. The van der Waals surface area contributed by atoms with Gasteiger partial charge in [0.05, 0.1) is 6.61 Å². The maximum Gasteiger partial charge on any atom is 0.122 e. The predicted molar refractivity (Wildman–Crippen MR) is 102 cm³/mol. The van der Waals surface area contributed by atoms with Gasteiger partial charge in [0.15, 0.2) is 0 Å². The molecule has 0 bridgehead atoms. The third-order valence-corrected chi connectivity index (χ3v) is 4.51. The van der Waals surface area contributed by atoms with Crippen LogP contribution in [0.4, 0.5) is 0 Å². The molecule has 1 saturated heterocycles. The van der Waals surface area contributed by atoms with Gasteiger partial charge in [0.25, 0.3) is 0 Å². The minimum Gasteiger partial charge on any atom is -0.491 e. The summed E-state index contributed by atoms with van der Waals surface area (Å²) in [5, 5.41) is 0. The quantitative estimate of drug-likeness (QED) is 0.234. The van der Waals surface area contributed by atoms with E-state index in [2.05, 4.69) is 43.3 Å². The van der Waals surface area contributed by atoms with Gasteiger partial charge in [0.1, 0.15) is 18.5 Å². The maximum absolute atomic E-state index is 5.88. The van der Waals surface area contributed by atoms with Crippen LogP contribution in [0.1, 0.15) is 70.3 Å². The van der Waals surface area contributed by atoms with Gasteiger partial charge < -0.3 is 9.47 Å². The third kappa shape index (κ3) is 8.54. The van der Waals surface area contributed by atoms with Crippen LogP contribution in [-0.2, 0) is 11.2 Å². The SMILES string of the molecule is CCCCCC/C=C/CCCCCc1ccccc1OCC1CO1. The van der Waals surface area contributed by atoms with E-state index in [1.807, 2.05) is 0 Å². The van der Waals surface area contributed by atoms with E-state index in [9.17, 15) is 0 Å². The molecule has 0 aromatic heterocycles. The van der Waals surface area contributed by atoms with Crippen molar-refractivity contribution in [3.05, 3.63) is 42.0 Å². The zero-order valence-electron chi connectivity index (χ0n) is 15.3. The van der Waals surface area contributed by atoms with E-state index in [0.717, 1.165) is 18.8 Å². The molecule has 0 amide bonds. The van der Waals surface area contributed by atoms with Crippen LogP contribution in [0.25, 0.3) is 0 Å². The first kappa shape index (κ1) is 19.1. The van der Waals surface area contributed by atoms with Gasteiger partial charge in [-0.2, -0.15) is 0 Å². The van der Waals surface area contributed by atoms with Crippen LogP contribution in [0.2, 0.25) is 0 Å². The minimum atomic E-state index is 0.326. The molecule has 2 rings (SSSR count). The van der Waals surface area contributed by atoms with Crippen LogP contribution >= 0.6 is 0 Å². The molecule has 2 nitrogen and oxygen atoms in total. The van der Waals surface area contributed by atoms with Crippen molar-refractivity contribution in [1.29, 1.82) is 0 Å². The lowest BCUT2D eigenvalue weighted by Gasteiger charge is -2.10. The van der Waals surface area contributed by atoms with E-state index in [1.165, 1.54) is 63.4 Å². The number of ether oxygens (including phenoxy) is 2. The lowest BCUT2D eigenvalue weighted by molar-refractivity contribution is 0.261. The standard InChI is InChI=1S/C22H34O2/c1-2-3-4-5-6-7-8-9-10-11-12-15-20-16-13-14-17-22(20)24-19-21-18-23-21/h7-8,13-14,16-17,21H,2-6,9-12,15,18-19H2,1H3/b8-7+. The van der Waals surface area contributed by atoms with E-state index < -0.39 is 0 Å². The van der Waals surface area contributed by atoms with Gasteiger partial charge in [-0.05, 0) is 50.2 Å². The largest absolute Gasteiger partial charge is 0.491 e. The second kappa shape index (κ2) is 12.1. The molecule has 1 aliphatic rings. The molecule has 0 saturated carbocycles. The first-order valence-corrected chi connectivity index (χ1v) is 9.87. The van der Waals surface area contributed by atoms with Crippen LogP contribution in [0.3, 0.4) is 0 Å². The second-order valence-electron chi connectivity index (χ2n) is 6.79. The van der Waals surface area contributed by atoms with Crippen molar-refractivity contribution < 1.29 is 9.47 Å². The van der Waals surface area contributed by atoms with E-state index in [0.29, 0.717) is 12.7 Å². The lowest BCUT2D eigenvalue weighted by Crippen LogP contribution is -2.05. The van der Waals surface area contributed by atoms with Gasteiger partial charge in [-0.15, -0.1) is 0 Å². The summed E-state index contributed by atoms with van der Waals surface area (Å²) in [6.45, 7) is 3.82. The summed E-state index contributed by atoms with van der Waals surface area (Å²) in [6, 6.07) is 8.44. The summed E-state index contributed by atoms with van der Waals surface area (Å²) >= 11 is 0. The molecule has 24 heavy (non-hydrogen) atoms. The van der Waals surface area contributed by atoms with Gasteiger partial charge >= 0.3 is 0 Å². The Kier molecular flexibility index (Phi) is 9.63. The van der Waals surface area contributed by atoms with Crippen molar-refractivity contribution in [3.8, 4) is 5.75 Å². The topological polar surface area (TPSA) is 21.8 Å². The number of benzene rings is 1. The average Bonchev–Trinajstić information content (AvgIpc) is 3.43. The van der Waals surface area contributed by atoms with E-state index in [4.69, 9.17) is 9.47 Å². The summed E-state index contributed by atoms with van der Waals surface area (Å²) < 4.78 is 11.1. The number of unbranched alkanes of at least 4 members (excludes halogenated alkanes) is 7. The van der Waals surface area contributed by atoms with Gasteiger partial charge in [-0.1, -0.05) is 63.0 Å². The van der Waals surface area contributed by atoms with E-state index >= 15 is 0 Å². The van der Waals surface area contributed by atoms with Crippen LogP contribution < -0.4 is 4.74 Å². The van der Waals surface area contributed by atoms with Crippen molar-refractivity contribution in [3.63, 3.8) is 0 Å². The fraction of sp³-hybridized carbons (Fsp3) is 0.636. The minimum absolute atomic E-state index is 0.326. The van der Waals surface area contributed by atoms with Gasteiger partial charge in [-0.3, -0.25) is 0 Å². The fourth-order valence-electron chi connectivity index (χ4n) is 2.88. The molecule has 1 aromatic rings. The monoisotopic (exact) mass is 330 g/mol. The molecular formula is C22H34O2. The number of aryl methyl sites for hydroxylation is 1. The van der Waals surface area contributed by atoms with Crippen molar-refractivity contribution in [2.45, 2.75) is 77.2 Å². The average molecular weight is 331 g/mol. The number of rotatable bonds is 14. The van der Waals surface area contributed by atoms with Crippen molar-refractivity contribution >= 4 is 0 Å². The predicted octanol–water partition coefficient (Wildman–Crippen LogP) is 6.09. The molecule has 1 fully saturated rings. The zero-order chi connectivity index (χ0) is 16.9. The summed E-state index contributed by atoms with van der Waals surface area (Å²) in [4.78, 5) is 0. The normalized spacial score (nSPS) is 16.6. The Bertz CT molecular complexity index is 463. The molecule has 0 N–H and O–H groups in total. The Morgan fingerprint density at radius 2 is 1.71 bits per heavy atom. The fourth-order valence-corrected chi connectivity index (χ4v) is 2.88. The number of hydrogen-bond acceptors (Lipinski definition) is 2. The Morgan fingerprint density at radius 1 is 1.00 bits per heavy atom. The van der Waals surface area contributed by atoms with Crippen LogP contribution in [-0.4, -0.2) is 19.3 Å². The molecule has 1 aliphatic heterocycles. The lowest BCUT2D eigenvalue weighted by atomic mass is 10.0. The first-order chi connectivity index (χ1) is 11.9. The van der Waals surface area contributed by atoms with Gasteiger partial charge in [-0.25, -0.2) is 0 Å². The van der Waals surface area contributed by atoms with Crippen LogP contribution in [0, 0.1) is 0 Å². The van der Waals surface area contributed by atoms with Crippen molar-refractivity contribution in [1.82, 2.24) is 0 Å². The number of para-hydroxylation sites is 1. The Hall–Kier alpha value is -1.28. The summed E-state index contributed by atoms with van der Waals surface area (Å²) in [5.74, 6) is 1.04. The van der Waals surface area contributed by atoms with E-state index in [-0.39, 0.29) is 0 Å². The Labute approximate surface area is 148 Å². The second-order valence-corrected chi connectivity index (χ2v) is 6.79. The highest BCUT2D eigenvalue weighted by Gasteiger charge is 2.23. The molecule has 1 unspecified atom stereocenters. The smallest absolute Gasteiger partial charge is 0.122 e. The first-order valence-electron chi connectivity index (χ1n) is 9.87. The number of epoxide rings is 1. The molecule has 2 heteroatoms. The van der Waals surface area contributed by atoms with Crippen LogP contribution in [0.5, 0.6) is 5.75 Å². The molecular weight excluding hydrogens is 296 g/mol. The molecule has 1 heterocycles. The van der Waals surface area contributed by atoms with Crippen molar-refractivity contribution in [2.75, 3.05) is 13.2 Å². The molecule has 1 aromatic carbocycles. The summed E-state index contributed by atoms with van der Waals surface area (Å²) in [6.07, 6.45) is 17.9. The number of hydrogen-bond donors (Lipinski definition) is 0. The molecule has 134 valence electrons. The van der Waals surface area contributed by atoms with Crippen LogP contribution in [0.15, 0.2) is 36.4 Å². The van der Waals surface area contributed by atoms with Gasteiger partial charge in [0, 0.05) is 0 Å². The number of allylic oxidation sites excluding steroid dienone is 2. The van der Waals surface area contributed by atoms with Crippen molar-refractivity contribution in [2.24, 2.45) is 0 Å². The Morgan fingerprint density at radius 3 is 2.42 bits per heavy atom. The highest BCUT2D eigenvalue weighted by molar-refractivity contribution is 5.33. The molecule has 0 aliphatic carbocycles. The third-order valence-electron chi connectivity index (χ3n) is 4.51. The summed E-state index contributed by atoms with van der Waals surface area (Å²) in [7, 11) is 0. The highest BCUT2D eigenvalue weighted by Crippen LogP contribution is 2.22. The molecule has 0 radical (unpaired) electrons.